The van der Waals surface area contributed by atoms with E-state index in [2.05, 4.69) is 29.4 Å². The summed E-state index contributed by atoms with van der Waals surface area (Å²) in [4.78, 5) is 12.2. The smallest absolute Gasteiger partial charge is 0.277 e. The van der Waals surface area contributed by atoms with Gasteiger partial charge in [0, 0.05) is 11.3 Å². The molecule has 1 N–H and O–H groups in total. The van der Waals surface area contributed by atoms with Gasteiger partial charge in [-0.2, -0.15) is 0 Å². The molecule has 0 bridgehead atoms. The highest BCUT2D eigenvalue weighted by atomic mass is 32.2. The summed E-state index contributed by atoms with van der Waals surface area (Å²) in [5.74, 6) is 0.905. The van der Waals surface area contributed by atoms with E-state index in [1.165, 1.54) is 11.8 Å². The number of nitrogens with one attached hydrogen (secondary N) is 1. The van der Waals surface area contributed by atoms with Crippen molar-refractivity contribution < 1.29 is 9.21 Å². The predicted octanol–water partition coefficient (Wildman–Crippen LogP) is 4.59. The third-order valence-electron chi connectivity index (χ3n) is 3.61. The van der Waals surface area contributed by atoms with E-state index in [1.807, 2.05) is 54.6 Å². The van der Waals surface area contributed by atoms with Gasteiger partial charge >= 0.3 is 0 Å². The number of rotatable bonds is 6. The summed E-state index contributed by atoms with van der Waals surface area (Å²) in [6.07, 6.45) is 0. The molecule has 3 rings (SSSR count). The predicted molar refractivity (Wildman–Crippen MR) is 99.6 cm³/mol. The molecule has 0 unspecified atom stereocenters. The topological polar surface area (TPSA) is 68.0 Å². The molecule has 0 aliphatic heterocycles. The number of benzene rings is 2. The first-order valence-electron chi connectivity index (χ1n) is 8.04. The van der Waals surface area contributed by atoms with Crippen LogP contribution in [-0.2, 0) is 4.79 Å². The van der Waals surface area contributed by atoms with E-state index < -0.39 is 0 Å². The maximum atomic E-state index is 12.2. The zero-order chi connectivity index (χ0) is 17.6. The van der Waals surface area contributed by atoms with Crippen LogP contribution in [0.1, 0.15) is 25.3 Å². The van der Waals surface area contributed by atoms with Crippen LogP contribution >= 0.6 is 11.8 Å². The second kappa shape index (κ2) is 7.98. The van der Waals surface area contributed by atoms with Gasteiger partial charge in [-0.05, 0) is 29.7 Å². The Hall–Kier alpha value is -2.60. The van der Waals surface area contributed by atoms with Crippen LogP contribution in [0.4, 0.5) is 5.69 Å². The van der Waals surface area contributed by atoms with Crippen molar-refractivity contribution in [3.8, 4) is 11.5 Å². The number of aromatic nitrogens is 2. The van der Waals surface area contributed by atoms with Gasteiger partial charge in [-0.1, -0.05) is 62.0 Å². The van der Waals surface area contributed by atoms with E-state index in [0.717, 1.165) is 16.8 Å². The summed E-state index contributed by atoms with van der Waals surface area (Å²) in [6, 6.07) is 17.4. The third kappa shape index (κ3) is 4.48. The van der Waals surface area contributed by atoms with Crippen LogP contribution in [-0.4, -0.2) is 21.9 Å². The zero-order valence-electron chi connectivity index (χ0n) is 14.1. The molecule has 0 atom stereocenters. The van der Waals surface area contributed by atoms with Crippen LogP contribution in [0.2, 0.25) is 0 Å². The van der Waals surface area contributed by atoms with E-state index >= 15 is 0 Å². The Morgan fingerprint density at radius 2 is 1.80 bits per heavy atom. The molecule has 0 aliphatic carbocycles. The maximum Gasteiger partial charge on any atom is 0.277 e. The molecule has 1 amide bonds. The number of carbonyl (C=O) groups excluding carboxylic acids is 1. The molecule has 0 saturated heterocycles. The molecule has 0 spiro atoms. The molecule has 128 valence electrons. The highest BCUT2D eigenvalue weighted by molar-refractivity contribution is 7.99. The Bertz CT molecular complexity index is 847. The van der Waals surface area contributed by atoms with Crippen LogP contribution < -0.4 is 5.32 Å². The molecule has 5 nitrogen and oxygen atoms in total. The van der Waals surface area contributed by atoms with Crippen LogP contribution in [0.15, 0.2) is 64.2 Å². The number of amides is 1. The summed E-state index contributed by atoms with van der Waals surface area (Å²) in [7, 11) is 0. The van der Waals surface area contributed by atoms with Crippen molar-refractivity contribution in [2.45, 2.75) is 25.0 Å². The van der Waals surface area contributed by atoms with Gasteiger partial charge in [0.25, 0.3) is 5.22 Å². The average Bonchev–Trinajstić information content (AvgIpc) is 3.10. The number of nitrogens with zero attached hydrogens (tertiary/aromatic N) is 2. The molecule has 2 aromatic carbocycles. The maximum absolute atomic E-state index is 12.2. The standard InChI is InChI=1S/C19H19N3O2S/c1-13(2)15-10-6-7-11-16(15)20-17(23)12-25-19-22-21-18(24-19)14-8-4-3-5-9-14/h3-11,13H,12H2,1-2H3,(H,20,23). The van der Waals surface area contributed by atoms with Crippen LogP contribution in [0.25, 0.3) is 11.5 Å². The van der Waals surface area contributed by atoms with Gasteiger partial charge in [-0.25, -0.2) is 0 Å². The van der Waals surface area contributed by atoms with Crippen molar-refractivity contribution in [2.75, 3.05) is 11.1 Å². The summed E-state index contributed by atoms with van der Waals surface area (Å²) in [6.45, 7) is 4.20. The number of para-hydroxylation sites is 1. The Balaban J connectivity index is 1.59. The molecule has 0 aliphatic rings. The number of hydrogen-bond acceptors (Lipinski definition) is 5. The monoisotopic (exact) mass is 353 g/mol. The summed E-state index contributed by atoms with van der Waals surface area (Å²) in [5, 5.41) is 11.3. The van der Waals surface area contributed by atoms with E-state index in [-0.39, 0.29) is 11.7 Å². The number of hydrogen-bond donors (Lipinski definition) is 1. The van der Waals surface area contributed by atoms with E-state index in [0.29, 0.717) is 17.0 Å². The Kier molecular flexibility index (Phi) is 5.50. The molecular weight excluding hydrogens is 334 g/mol. The van der Waals surface area contributed by atoms with Crippen molar-refractivity contribution in [1.82, 2.24) is 10.2 Å². The van der Waals surface area contributed by atoms with Gasteiger partial charge in [-0.15, -0.1) is 10.2 Å². The fraction of sp³-hybridized carbons (Fsp3) is 0.211. The van der Waals surface area contributed by atoms with Gasteiger partial charge in [0.2, 0.25) is 11.8 Å². The normalized spacial score (nSPS) is 10.8. The SMILES string of the molecule is CC(C)c1ccccc1NC(=O)CSc1nnc(-c2ccccc2)o1. The first-order valence-corrected chi connectivity index (χ1v) is 9.02. The minimum Gasteiger partial charge on any atom is -0.411 e. The van der Waals surface area contributed by atoms with Gasteiger partial charge in [0.15, 0.2) is 0 Å². The second-order valence-corrected chi connectivity index (χ2v) is 6.74. The number of anilines is 1. The first kappa shape index (κ1) is 17.2. The quantitative estimate of drug-likeness (QED) is 0.656. The third-order valence-corrected chi connectivity index (χ3v) is 4.43. The van der Waals surface area contributed by atoms with Crippen molar-refractivity contribution in [3.05, 3.63) is 60.2 Å². The summed E-state index contributed by atoms with van der Waals surface area (Å²) < 4.78 is 5.59. The molecule has 1 heterocycles. The lowest BCUT2D eigenvalue weighted by atomic mass is 10.0. The van der Waals surface area contributed by atoms with Crippen molar-refractivity contribution in [3.63, 3.8) is 0 Å². The van der Waals surface area contributed by atoms with Crippen molar-refractivity contribution in [1.29, 1.82) is 0 Å². The summed E-state index contributed by atoms with van der Waals surface area (Å²) in [5.41, 5.74) is 2.82. The largest absolute Gasteiger partial charge is 0.411 e. The highest BCUT2D eigenvalue weighted by Gasteiger charge is 2.13. The van der Waals surface area contributed by atoms with Crippen LogP contribution in [0, 0.1) is 0 Å². The van der Waals surface area contributed by atoms with Gasteiger partial charge in [0.1, 0.15) is 0 Å². The van der Waals surface area contributed by atoms with Crippen molar-refractivity contribution >= 4 is 23.4 Å². The minimum atomic E-state index is -0.0995. The Morgan fingerprint density at radius 1 is 1.08 bits per heavy atom. The molecule has 3 aromatic rings. The lowest BCUT2D eigenvalue weighted by molar-refractivity contribution is -0.113. The van der Waals surface area contributed by atoms with Crippen LogP contribution in [0.3, 0.4) is 0 Å². The second-order valence-electron chi connectivity index (χ2n) is 5.82. The van der Waals surface area contributed by atoms with Gasteiger partial charge in [0.05, 0.1) is 5.75 Å². The van der Waals surface area contributed by atoms with Gasteiger partial charge < -0.3 is 9.73 Å². The molecule has 25 heavy (non-hydrogen) atoms. The molecule has 0 radical (unpaired) electrons. The minimum absolute atomic E-state index is 0.0995. The fourth-order valence-electron chi connectivity index (χ4n) is 2.39. The highest BCUT2D eigenvalue weighted by Crippen LogP contribution is 2.25. The lowest BCUT2D eigenvalue weighted by Gasteiger charge is -2.13. The van der Waals surface area contributed by atoms with Crippen molar-refractivity contribution in [2.24, 2.45) is 0 Å². The zero-order valence-corrected chi connectivity index (χ0v) is 14.9. The Labute approximate surface area is 150 Å². The number of thioether (sulfide) groups is 1. The molecule has 6 heteroatoms. The van der Waals surface area contributed by atoms with E-state index in [1.54, 1.807) is 0 Å². The molecule has 0 fully saturated rings. The molecule has 0 saturated carbocycles. The average molecular weight is 353 g/mol. The molecular formula is C19H19N3O2S. The van der Waals surface area contributed by atoms with E-state index in [9.17, 15) is 4.79 Å². The number of carbonyl (C=O) groups is 1. The van der Waals surface area contributed by atoms with Crippen LogP contribution in [0.5, 0.6) is 0 Å². The summed E-state index contributed by atoms with van der Waals surface area (Å²) >= 11 is 1.23. The van der Waals surface area contributed by atoms with Gasteiger partial charge in [-0.3, -0.25) is 4.79 Å². The Morgan fingerprint density at radius 3 is 2.56 bits per heavy atom. The lowest BCUT2D eigenvalue weighted by Crippen LogP contribution is -2.15. The first-order chi connectivity index (χ1) is 12.1. The molecule has 1 aromatic heterocycles. The van der Waals surface area contributed by atoms with E-state index in [4.69, 9.17) is 4.42 Å². The fourth-order valence-corrected chi connectivity index (χ4v) is 2.96.